The molecule has 0 heterocycles. The van der Waals surface area contributed by atoms with E-state index in [0.717, 1.165) is 27.5 Å². The fourth-order valence-corrected chi connectivity index (χ4v) is 4.30. The summed E-state index contributed by atoms with van der Waals surface area (Å²) < 4.78 is 1.02. The Balaban J connectivity index is 1.74. The maximum absolute atomic E-state index is 12.5. The van der Waals surface area contributed by atoms with Gasteiger partial charge in [-0.25, -0.2) is 0 Å². The number of ketones is 1. The van der Waals surface area contributed by atoms with E-state index in [1.165, 1.54) is 0 Å². The maximum Gasteiger partial charge on any atom is 0.164 e. The average molecular weight is 445 g/mol. The number of carbonyl (C=O) groups excluding carboxylic acids is 1. The average Bonchev–Trinajstić information content (AvgIpc) is 2.46. The van der Waals surface area contributed by atoms with Crippen LogP contribution in [0, 0.1) is 9.49 Å². The fraction of sp³-hybridized carbons (Fsp3) is 0.278. The predicted octanol–water partition coefficient (Wildman–Crippen LogP) is 6.36. The SMILES string of the molecule is O=C(C[C@@H]1CC[C@@H]1c1ccc(Cl)cc1Cl)c1ccccc1I. The Labute approximate surface area is 154 Å². The van der Waals surface area contributed by atoms with E-state index < -0.39 is 0 Å². The van der Waals surface area contributed by atoms with Gasteiger partial charge in [0, 0.05) is 25.6 Å². The minimum Gasteiger partial charge on any atom is -0.294 e. The van der Waals surface area contributed by atoms with Gasteiger partial charge in [-0.15, -0.1) is 0 Å². The summed E-state index contributed by atoms with van der Waals surface area (Å²) in [6.45, 7) is 0. The van der Waals surface area contributed by atoms with E-state index in [4.69, 9.17) is 23.2 Å². The molecule has 0 saturated heterocycles. The van der Waals surface area contributed by atoms with Gasteiger partial charge in [-0.3, -0.25) is 4.79 Å². The number of benzene rings is 2. The fourth-order valence-electron chi connectivity index (χ4n) is 3.06. The van der Waals surface area contributed by atoms with Crippen LogP contribution in [0.5, 0.6) is 0 Å². The van der Waals surface area contributed by atoms with Crippen LogP contribution in [0.25, 0.3) is 0 Å². The van der Waals surface area contributed by atoms with E-state index in [1.807, 2.05) is 36.4 Å². The lowest BCUT2D eigenvalue weighted by atomic mass is 9.67. The molecule has 1 aliphatic carbocycles. The summed E-state index contributed by atoms with van der Waals surface area (Å²) in [6, 6.07) is 13.4. The van der Waals surface area contributed by atoms with Crippen molar-refractivity contribution in [3.8, 4) is 0 Å². The van der Waals surface area contributed by atoms with Gasteiger partial charge in [0.15, 0.2) is 5.78 Å². The lowest BCUT2D eigenvalue weighted by Gasteiger charge is -2.37. The van der Waals surface area contributed by atoms with Crippen molar-refractivity contribution in [3.63, 3.8) is 0 Å². The van der Waals surface area contributed by atoms with Crippen molar-refractivity contribution in [2.75, 3.05) is 0 Å². The van der Waals surface area contributed by atoms with Crippen LogP contribution >= 0.6 is 45.8 Å². The van der Waals surface area contributed by atoms with Gasteiger partial charge in [-0.2, -0.15) is 0 Å². The molecule has 2 atom stereocenters. The van der Waals surface area contributed by atoms with Crippen LogP contribution < -0.4 is 0 Å². The van der Waals surface area contributed by atoms with Crippen LogP contribution in [0.2, 0.25) is 10.0 Å². The third-order valence-electron chi connectivity index (χ3n) is 4.40. The van der Waals surface area contributed by atoms with Gasteiger partial charge in [0.1, 0.15) is 0 Å². The summed E-state index contributed by atoms with van der Waals surface area (Å²) >= 11 is 14.5. The van der Waals surface area contributed by atoms with Gasteiger partial charge in [0.25, 0.3) is 0 Å². The smallest absolute Gasteiger partial charge is 0.164 e. The molecule has 0 N–H and O–H groups in total. The van der Waals surface area contributed by atoms with Gasteiger partial charge >= 0.3 is 0 Å². The summed E-state index contributed by atoms with van der Waals surface area (Å²) in [5.41, 5.74) is 1.95. The number of hydrogen-bond acceptors (Lipinski definition) is 1. The van der Waals surface area contributed by atoms with E-state index >= 15 is 0 Å². The highest BCUT2D eigenvalue weighted by Crippen LogP contribution is 2.47. The molecule has 2 aromatic rings. The first kappa shape index (κ1) is 16.3. The molecule has 0 aliphatic heterocycles. The minimum absolute atomic E-state index is 0.227. The van der Waals surface area contributed by atoms with E-state index in [0.29, 0.717) is 28.3 Å². The molecule has 1 aliphatic rings. The highest BCUT2D eigenvalue weighted by atomic mass is 127. The Morgan fingerprint density at radius 1 is 1.14 bits per heavy atom. The first-order valence-corrected chi connectivity index (χ1v) is 9.12. The zero-order chi connectivity index (χ0) is 15.7. The Hall–Kier alpha value is -0.580. The van der Waals surface area contributed by atoms with Crippen molar-refractivity contribution in [3.05, 3.63) is 67.2 Å². The Morgan fingerprint density at radius 3 is 2.55 bits per heavy atom. The Kier molecular flexibility index (Phi) is 5.10. The molecule has 0 aromatic heterocycles. The summed E-state index contributed by atoms with van der Waals surface area (Å²) in [5.74, 6) is 0.974. The van der Waals surface area contributed by atoms with Crippen LogP contribution in [0.1, 0.15) is 41.1 Å². The molecule has 22 heavy (non-hydrogen) atoms. The monoisotopic (exact) mass is 444 g/mol. The Bertz CT molecular complexity index is 714. The zero-order valence-electron chi connectivity index (χ0n) is 11.9. The van der Waals surface area contributed by atoms with Crippen molar-refractivity contribution >= 4 is 51.6 Å². The predicted molar refractivity (Wildman–Crippen MR) is 100 cm³/mol. The van der Waals surface area contributed by atoms with Crippen LogP contribution in [0.3, 0.4) is 0 Å². The number of rotatable bonds is 4. The van der Waals surface area contributed by atoms with Crippen molar-refractivity contribution < 1.29 is 4.79 Å². The molecule has 114 valence electrons. The first-order valence-electron chi connectivity index (χ1n) is 7.29. The molecule has 1 fully saturated rings. The molecule has 0 amide bonds. The number of halogens is 3. The normalized spacial score (nSPS) is 20.5. The van der Waals surface area contributed by atoms with E-state index in [1.54, 1.807) is 6.07 Å². The van der Waals surface area contributed by atoms with Crippen LogP contribution in [0.4, 0.5) is 0 Å². The standard InChI is InChI=1S/C18H15Cl2IO/c19-12-6-8-14(16(20)10-12)13-7-5-11(13)9-18(22)15-3-1-2-4-17(15)21/h1-4,6,8,10-11,13H,5,7,9H2/t11-,13-/m0/s1. The molecule has 0 spiro atoms. The van der Waals surface area contributed by atoms with Crippen LogP contribution in [0.15, 0.2) is 42.5 Å². The van der Waals surface area contributed by atoms with Crippen molar-refractivity contribution in [1.82, 2.24) is 0 Å². The third-order valence-corrected chi connectivity index (χ3v) is 5.90. The quantitative estimate of drug-likeness (QED) is 0.395. The van der Waals surface area contributed by atoms with Gasteiger partial charge in [0.05, 0.1) is 0 Å². The molecule has 2 aromatic carbocycles. The highest BCUT2D eigenvalue weighted by Gasteiger charge is 2.35. The summed E-state index contributed by atoms with van der Waals surface area (Å²) in [5, 5.41) is 1.36. The highest BCUT2D eigenvalue weighted by molar-refractivity contribution is 14.1. The molecular weight excluding hydrogens is 430 g/mol. The molecular formula is C18H15Cl2IO. The zero-order valence-corrected chi connectivity index (χ0v) is 15.5. The number of Topliss-reactive ketones (excluding diaryl/α,β-unsaturated/α-hetero) is 1. The lowest BCUT2D eigenvalue weighted by Crippen LogP contribution is -2.26. The summed E-state index contributed by atoms with van der Waals surface area (Å²) in [4.78, 5) is 12.5. The molecule has 3 rings (SSSR count). The number of hydrogen-bond donors (Lipinski definition) is 0. The largest absolute Gasteiger partial charge is 0.294 e. The number of carbonyl (C=O) groups is 1. The van der Waals surface area contributed by atoms with Gasteiger partial charge in [0.2, 0.25) is 0 Å². The molecule has 0 bridgehead atoms. The van der Waals surface area contributed by atoms with Crippen molar-refractivity contribution in [2.45, 2.75) is 25.2 Å². The van der Waals surface area contributed by atoms with Gasteiger partial charge < -0.3 is 0 Å². The van der Waals surface area contributed by atoms with Crippen LogP contribution in [-0.4, -0.2) is 5.78 Å². The summed E-state index contributed by atoms with van der Waals surface area (Å²) in [6.07, 6.45) is 2.76. The van der Waals surface area contributed by atoms with Crippen molar-refractivity contribution in [2.24, 2.45) is 5.92 Å². The lowest BCUT2D eigenvalue weighted by molar-refractivity contribution is 0.0918. The van der Waals surface area contributed by atoms with Crippen LogP contribution in [-0.2, 0) is 0 Å². The Morgan fingerprint density at radius 2 is 1.91 bits per heavy atom. The maximum atomic E-state index is 12.5. The second-order valence-electron chi connectivity index (χ2n) is 5.72. The summed E-state index contributed by atoms with van der Waals surface area (Å²) in [7, 11) is 0. The second kappa shape index (κ2) is 6.90. The molecule has 1 nitrogen and oxygen atoms in total. The third kappa shape index (κ3) is 3.34. The van der Waals surface area contributed by atoms with Gasteiger partial charge in [-0.1, -0.05) is 47.5 Å². The second-order valence-corrected chi connectivity index (χ2v) is 7.72. The first-order chi connectivity index (χ1) is 10.6. The molecule has 1 saturated carbocycles. The molecule has 4 heteroatoms. The molecule has 0 radical (unpaired) electrons. The van der Waals surface area contributed by atoms with E-state index in [-0.39, 0.29) is 5.78 Å². The topological polar surface area (TPSA) is 17.1 Å². The van der Waals surface area contributed by atoms with E-state index in [2.05, 4.69) is 22.6 Å². The van der Waals surface area contributed by atoms with E-state index in [9.17, 15) is 4.79 Å². The molecule has 0 unspecified atom stereocenters. The minimum atomic E-state index is 0.227. The van der Waals surface area contributed by atoms with Crippen molar-refractivity contribution in [1.29, 1.82) is 0 Å². The van der Waals surface area contributed by atoms with Gasteiger partial charge in [-0.05, 0) is 71.0 Å².